The molecule has 0 atom stereocenters. The first-order valence-corrected chi connectivity index (χ1v) is 6.58. The van der Waals surface area contributed by atoms with Crippen LogP contribution >= 0.6 is 0 Å². The standard InChI is InChI=1S/C13H24O6/c1-3-4-5-6-12(14)19-10-9-17-7-8-18-11-13(15)16-2/h3-11H2,1-2H3. The van der Waals surface area contributed by atoms with Gasteiger partial charge >= 0.3 is 11.9 Å². The molecule has 0 aromatic heterocycles. The molecule has 0 aromatic carbocycles. The van der Waals surface area contributed by atoms with Gasteiger partial charge in [-0.3, -0.25) is 4.79 Å². The fraction of sp³-hybridized carbons (Fsp3) is 0.846. The second-order valence-electron chi connectivity index (χ2n) is 3.92. The van der Waals surface area contributed by atoms with Crippen LogP contribution in [0.3, 0.4) is 0 Å². The second kappa shape index (κ2) is 13.3. The molecular weight excluding hydrogens is 252 g/mol. The van der Waals surface area contributed by atoms with Gasteiger partial charge in [0.25, 0.3) is 0 Å². The topological polar surface area (TPSA) is 71.1 Å². The van der Waals surface area contributed by atoms with Crippen LogP contribution in [0.1, 0.15) is 32.6 Å². The number of methoxy groups -OCH3 is 1. The van der Waals surface area contributed by atoms with Crippen LogP contribution in [0.2, 0.25) is 0 Å². The van der Waals surface area contributed by atoms with E-state index in [0.717, 1.165) is 19.3 Å². The van der Waals surface area contributed by atoms with E-state index >= 15 is 0 Å². The van der Waals surface area contributed by atoms with Crippen LogP contribution in [0.4, 0.5) is 0 Å². The maximum Gasteiger partial charge on any atom is 0.331 e. The highest BCUT2D eigenvalue weighted by Gasteiger charge is 2.02. The number of hydrogen-bond donors (Lipinski definition) is 0. The number of carbonyl (C=O) groups excluding carboxylic acids is 2. The van der Waals surface area contributed by atoms with Crippen molar-refractivity contribution in [1.82, 2.24) is 0 Å². The van der Waals surface area contributed by atoms with Crippen molar-refractivity contribution in [3.63, 3.8) is 0 Å². The van der Waals surface area contributed by atoms with Crippen LogP contribution in [-0.4, -0.2) is 52.1 Å². The van der Waals surface area contributed by atoms with Crippen LogP contribution in [0.15, 0.2) is 0 Å². The summed E-state index contributed by atoms with van der Waals surface area (Å²) in [5.74, 6) is -0.597. The molecule has 0 unspecified atom stereocenters. The number of rotatable bonds is 12. The number of hydrogen-bond acceptors (Lipinski definition) is 6. The summed E-state index contributed by atoms with van der Waals surface area (Å²) in [6.45, 7) is 3.25. The highest BCUT2D eigenvalue weighted by atomic mass is 16.6. The van der Waals surface area contributed by atoms with E-state index in [1.54, 1.807) is 0 Å². The van der Waals surface area contributed by atoms with Crippen molar-refractivity contribution < 1.29 is 28.5 Å². The van der Waals surface area contributed by atoms with Crippen molar-refractivity contribution >= 4 is 11.9 Å². The zero-order chi connectivity index (χ0) is 14.3. The molecule has 0 amide bonds. The first-order valence-electron chi connectivity index (χ1n) is 6.58. The van der Waals surface area contributed by atoms with Crippen LogP contribution in [0.5, 0.6) is 0 Å². The molecule has 6 nitrogen and oxygen atoms in total. The molecule has 0 heterocycles. The van der Waals surface area contributed by atoms with Gasteiger partial charge in [-0.25, -0.2) is 4.79 Å². The fourth-order valence-corrected chi connectivity index (χ4v) is 1.24. The molecule has 19 heavy (non-hydrogen) atoms. The summed E-state index contributed by atoms with van der Waals surface area (Å²) in [5.41, 5.74) is 0. The predicted octanol–water partition coefficient (Wildman–Crippen LogP) is 1.32. The lowest BCUT2D eigenvalue weighted by Gasteiger charge is -2.06. The first kappa shape index (κ1) is 17.9. The molecule has 0 N–H and O–H groups in total. The predicted molar refractivity (Wildman–Crippen MR) is 68.8 cm³/mol. The molecular formula is C13H24O6. The van der Waals surface area contributed by atoms with E-state index in [9.17, 15) is 9.59 Å². The minimum absolute atomic E-state index is 0.0771. The molecule has 0 fully saturated rings. The Morgan fingerprint density at radius 1 is 0.895 bits per heavy atom. The number of unbranched alkanes of at least 4 members (excludes halogenated alkanes) is 2. The number of carbonyl (C=O) groups is 2. The highest BCUT2D eigenvalue weighted by Crippen LogP contribution is 2.00. The second-order valence-corrected chi connectivity index (χ2v) is 3.92. The minimum Gasteiger partial charge on any atom is -0.467 e. The van der Waals surface area contributed by atoms with Gasteiger partial charge in [0.05, 0.1) is 26.9 Å². The zero-order valence-corrected chi connectivity index (χ0v) is 11.8. The lowest BCUT2D eigenvalue weighted by molar-refractivity contribution is -0.148. The molecule has 0 saturated carbocycles. The Bertz CT molecular complexity index is 241. The maximum atomic E-state index is 11.2. The average Bonchev–Trinajstić information content (AvgIpc) is 2.41. The van der Waals surface area contributed by atoms with E-state index in [4.69, 9.17) is 14.2 Å². The molecule has 0 rings (SSSR count). The lowest BCUT2D eigenvalue weighted by atomic mass is 10.2. The van der Waals surface area contributed by atoms with Gasteiger partial charge in [0.2, 0.25) is 0 Å². The summed E-state index contributed by atoms with van der Waals surface area (Å²) >= 11 is 0. The Labute approximate surface area is 114 Å². The molecule has 0 saturated heterocycles. The van der Waals surface area contributed by atoms with Gasteiger partial charge in [-0.05, 0) is 6.42 Å². The number of esters is 2. The van der Waals surface area contributed by atoms with Crippen molar-refractivity contribution in [2.24, 2.45) is 0 Å². The van der Waals surface area contributed by atoms with E-state index in [2.05, 4.69) is 11.7 Å². The molecule has 112 valence electrons. The lowest BCUT2D eigenvalue weighted by Crippen LogP contribution is -2.15. The molecule has 0 aliphatic heterocycles. The van der Waals surface area contributed by atoms with Gasteiger partial charge < -0.3 is 18.9 Å². The van der Waals surface area contributed by atoms with E-state index in [1.807, 2.05) is 0 Å². The van der Waals surface area contributed by atoms with E-state index in [1.165, 1.54) is 7.11 Å². The van der Waals surface area contributed by atoms with Crippen molar-refractivity contribution in [3.05, 3.63) is 0 Å². The average molecular weight is 276 g/mol. The molecule has 0 spiro atoms. The summed E-state index contributed by atoms with van der Waals surface area (Å²) in [6, 6.07) is 0. The fourth-order valence-electron chi connectivity index (χ4n) is 1.24. The Kier molecular flexibility index (Phi) is 12.5. The van der Waals surface area contributed by atoms with Crippen molar-refractivity contribution in [2.75, 3.05) is 40.1 Å². The van der Waals surface area contributed by atoms with Crippen molar-refractivity contribution in [1.29, 1.82) is 0 Å². The van der Waals surface area contributed by atoms with Gasteiger partial charge in [0.15, 0.2) is 0 Å². The summed E-state index contributed by atoms with van der Waals surface area (Å²) in [7, 11) is 1.30. The normalized spacial score (nSPS) is 10.2. The summed E-state index contributed by atoms with van der Waals surface area (Å²) < 4.78 is 19.5. The van der Waals surface area contributed by atoms with Gasteiger partial charge in [0, 0.05) is 6.42 Å². The van der Waals surface area contributed by atoms with Crippen LogP contribution in [-0.2, 0) is 28.5 Å². The van der Waals surface area contributed by atoms with E-state index in [0.29, 0.717) is 26.2 Å². The van der Waals surface area contributed by atoms with E-state index < -0.39 is 5.97 Å². The van der Waals surface area contributed by atoms with Gasteiger partial charge in [0.1, 0.15) is 13.2 Å². The largest absolute Gasteiger partial charge is 0.467 e. The van der Waals surface area contributed by atoms with Crippen LogP contribution < -0.4 is 0 Å². The molecule has 6 heteroatoms. The Morgan fingerprint density at radius 3 is 2.26 bits per heavy atom. The summed E-state index contributed by atoms with van der Waals surface area (Å²) in [5, 5.41) is 0. The molecule has 0 bridgehead atoms. The van der Waals surface area contributed by atoms with Crippen molar-refractivity contribution in [2.45, 2.75) is 32.6 Å². The van der Waals surface area contributed by atoms with Crippen LogP contribution in [0.25, 0.3) is 0 Å². The van der Waals surface area contributed by atoms with Gasteiger partial charge in [-0.15, -0.1) is 0 Å². The molecule has 0 radical (unpaired) electrons. The Balaban J connectivity index is 3.18. The van der Waals surface area contributed by atoms with Crippen LogP contribution in [0, 0.1) is 0 Å². The molecule has 0 aliphatic carbocycles. The van der Waals surface area contributed by atoms with Gasteiger partial charge in [-0.2, -0.15) is 0 Å². The van der Waals surface area contributed by atoms with Gasteiger partial charge in [-0.1, -0.05) is 19.8 Å². The molecule has 0 aromatic rings. The Morgan fingerprint density at radius 2 is 1.58 bits per heavy atom. The van der Waals surface area contributed by atoms with E-state index in [-0.39, 0.29) is 19.2 Å². The quantitative estimate of drug-likeness (QED) is 0.395. The summed E-state index contributed by atoms with van der Waals surface area (Å²) in [4.78, 5) is 21.9. The Hall–Kier alpha value is -1.14. The minimum atomic E-state index is -0.416. The molecule has 0 aliphatic rings. The maximum absolute atomic E-state index is 11.2. The summed E-state index contributed by atoms with van der Waals surface area (Å²) in [6.07, 6.45) is 3.47. The smallest absolute Gasteiger partial charge is 0.331 e. The third-order valence-corrected chi connectivity index (χ3v) is 2.29. The third-order valence-electron chi connectivity index (χ3n) is 2.29. The first-order chi connectivity index (χ1) is 9.20. The number of ether oxygens (including phenoxy) is 4. The van der Waals surface area contributed by atoms with Crippen molar-refractivity contribution in [3.8, 4) is 0 Å². The third kappa shape index (κ3) is 13.1. The zero-order valence-electron chi connectivity index (χ0n) is 11.8. The SMILES string of the molecule is CCCCCC(=O)OCCOCCOCC(=O)OC. The monoisotopic (exact) mass is 276 g/mol. The highest BCUT2D eigenvalue weighted by molar-refractivity contribution is 5.70.